The normalized spacial score (nSPS) is 18.6. The van der Waals surface area contributed by atoms with Gasteiger partial charge in [-0.3, -0.25) is 4.68 Å². The van der Waals surface area contributed by atoms with Gasteiger partial charge in [0.25, 0.3) is 0 Å². The highest BCUT2D eigenvalue weighted by Crippen LogP contribution is 2.33. The van der Waals surface area contributed by atoms with Crippen molar-refractivity contribution >= 4 is 22.0 Å². The molecule has 3 rings (SSSR count). The minimum Gasteiger partial charge on any atom is -0.444 e. The van der Waals surface area contributed by atoms with E-state index in [1.54, 1.807) is 4.90 Å². The molecule has 0 radical (unpaired) electrons. The lowest BCUT2D eigenvalue weighted by Crippen LogP contribution is -2.40. The summed E-state index contributed by atoms with van der Waals surface area (Å²) in [4.78, 5) is 14.0. The Morgan fingerprint density at radius 2 is 2.14 bits per heavy atom. The highest BCUT2D eigenvalue weighted by molar-refractivity contribution is 9.10. The zero-order chi connectivity index (χ0) is 15.2. The van der Waals surface area contributed by atoms with E-state index in [4.69, 9.17) is 4.74 Å². The molecule has 1 fully saturated rings. The van der Waals surface area contributed by atoms with Gasteiger partial charge < -0.3 is 9.64 Å². The number of nitrogens with zero attached hydrogens (tertiary/aromatic N) is 3. The number of halogens is 1. The molecule has 1 aliphatic heterocycles. The predicted molar refractivity (Wildman–Crippen MR) is 83.0 cm³/mol. The molecule has 0 bridgehead atoms. The average molecular weight is 356 g/mol. The summed E-state index contributed by atoms with van der Waals surface area (Å²) < 4.78 is 8.45. The van der Waals surface area contributed by atoms with Gasteiger partial charge in [0.1, 0.15) is 10.2 Å². The molecule has 0 aromatic carbocycles. The summed E-state index contributed by atoms with van der Waals surface area (Å²) in [7, 11) is 0. The van der Waals surface area contributed by atoms with E-state index in [9.17, 15) is 4.79 Å². The Kier molecular flexibility index (Phi) is 3.76. The van der Waals surface area contributed by atoms with Crippen LogP contribution in [0.5, 0.6) is 0 Å². The maximum absolute atomic E-state index is 12.2. The fourth-order valence-corrected chi connectivity index (χ4v) is 3.17. The molecule has 2 aliphatic rings. The second-order valence-electron chi connectivity index (χ2n) is 6.99. The minimum atomic E-state index is -0.454. The van der Waals surface area contributed by atoms with E-state index in [-0.39, 0.29) is 6.09 Å². The summed E-state index contributed by atoms with van der Waals surface area (Å²) in [5.41, 5.74) is 1.95. The summed E-state index contributed by atoms with van der Waals surface area (Å²) in [5.74, 6) is 0.796. The summed E-state index contributed by atoms with van der Waals surface area (Å²) in [6.07, 6.45) is 3.24. The third-order valence-electron chi connectivity index (χ3n) is 3.86. The Bertz CT molecular complexity index is 558. The van der Waals surface area contributed by atoms with Crippen LogP contribution in [-0.2, 0) is 24.2 Å². The summed E-state index contributed by atoms with van der Waals surface area (Å²) in [6, 6.07) is 0. The van der Waals surface area contributed by atoms with Gasteiger partial charge in [0.15, 0.2) is 0 Å². The van der Waals surface area contributed by atoms with E-state index in [0.29, 0.717) is 13.1 Å². The number of amides is 1. The van der Waals surface area contributed by atoms with E-state index in [1.807, 2.05) is 20.8 Å². The SMILES string of the molecule is CC(C)(C)OC(=O)N1CCc2c(c(Br)nn2CC2CC2)C1. The van der Waals surface area contributed by atoms with Gasteiger partial charge in [0.2, 0.25) is 0 Å². The van der Waals surface area contributed by atoms with Crippen molar-refractivity contribution < 1.29 is 9.53 Å². The van der Waals surface area contributed by atoms with Crippen LogP contribution in [-0.4, -0.2) is 32.9 Å². The molecular weight excluding hydrogens is 334 g/mol. The van der Waals surface area contributed by atoms with Crippen LogP contribution < -0.4 is 0 Å². The molecule has 1 aromatic heterocycles. The molecule has 0 spiro atoms. The quantitative estimate of drug-likeness (QED) is 0.817. The van der Waals surface area contributed by atoms with E-state index >= 15 is 0 Å². The fourth-order valence-electron chi connectivity index (χ4n) is 2.63. The number of aromatic nitrogens is 2. The van der Waals surface area contributed by atoms with Crippen molar-refractivity contribution in [3.63, 3.8) is 0 Å². The monoisotopic (exact) mass is 355 g/mol. The smallest absolute Gasteiger partial charge is 0.410 e. The van der Waals surface area contributed by atoms with Gasteiger partial charge in [-0.15, -0.1) is 0 Å². The van der Waals surface area contributed by atoms with Crippen molar-refractivity contribution in [2.75, 3.05) is 6.54 Å². The molecule has 1 aromatic rings. The molecule has 1 aliphatic carbocycles. The van der Waals surface area contributed by atoms with E-state index < -0.39 is 5.60 Å². The first-order valence-electron chi connectivity index (χ1n) is 7.55. The predicted octanol–water partition coefficient (Wildman–Crippen LogP) is 3.35. The summed E-state index contributed by atoms with van der Waals surface area (Å²) in [6.45, 7) is 7.97. The Balaban J connectivity index is 1.73. The number of hydrogen-bond donors (Lipinski definition) is 0. The molecule has 0 unspecified atom stereocenters. The van der Waals surface area contributed by atoms with Crippen molar-refractivity contribution in [1.82, 2.24) is 14.7 Å². The topological polar surface area (TPSA) is 47.4 Å². The molecule has 21 heavy (non-hydrogen) atoms. The summed E-state index contributed by atoms with van der Waals surface area (Å²) >= 11 is 3.54. The Morgan fingerprint density at radius 1 is 1.43 bits per heavy atom. The molecule has 0 N–H and O–H groups in total. The highest BCUT2D eigenvalue weighted by Gasteiger charge is 2.31. The Labute approximate surface area is 133 Å². The van der Waals surface area contributed by atoms with Gasteiger partial charge >= 0.3 is 6.09 Å². The average Bonchev–Trinajstić information content (AvgIpc) is 3.13. The number of carbonyl (C=O) groups excluding carboxylic acids is 1. The third kappa shape index (κ3) is 3.42. The van der Waals surface area contributed by atoms with Crippen LogP contribution in [0.3, 0.4) is 0 Å². The van der Waals surface area contributed by atoms with Crippen LogP contribution in [0.25, 0.3) is 0 Å². The second-order valence-corrected chi connectivity index (χ2v) is 7.74. The van der Waals surface area contributed by atoms with Crippen LogP contribution in [0, 0.1) is 5.92 Å². The fraction of sp³-hybridized carbons (Fsp3) is 0.733. The Hall–Kier alpha value is -1.04. The lowest BCUT2D eigenvalue weighted by molar-refractivity contribution is 0.0222. The van der Waals surface area contributed by atoms with Gasteiger partial charge in [-0.05, 0) is 55.5 Å². The second kappa shape index (κ2) is 5.30. The van der Waals surface area contributed by atoms with Crippen molar-refractivity contribution in [3.8, 4) is 0 Å². The maximum Gasteiger partial charge on any atom is 0.410 e. The molecule has 1 saturated carbocycles. The molecule has 0 atom stereocenters. The van der Waals surface area contributed by atoms with Crippen molar-refractivity contribution in [3.05, 3.63) is 15.9 Å². The van der Waals surface area contributed by atoms with Crippen LogP contribution in [0.15, 0.2) is 4.60 Å². The molecule has 6 heteroatoms. The van der Waals surface area contributed by atoms with E-state index in [0.717, 1.165) is 29.1 Å². The summed E-state index contributed by atoms with van der Waals surface area (Å²) in [5, 5.41) is 4.60. The number of carbonyl (C=O) groups is 1. The molecule has 5 nitrogen and oxygen atoms in total. The molecule has 116 valence electrons. The van der Waals surface area contributed by atoms with Crippen molar-refractivity contribution in [2.45, 2.75) is 58.7 Å². The van der Waals surface area contributed by atoms with Gasteiger partial charge in [0, 0.05) is 30.8 Å². The first kappa shape index (κ1) is 14.9. The molecular formula is C15H22BrN3O2. The van der Waals surface area contributed by atoms with Crippen molar-refractivity contribution in [2.24, 2.45) is 5.92 Å². The Morgan fingerprint density at radius 3 is 2.76 bits per heavy atom. The van der Waals surface area contributed by atoms with Gasteiger partial charge in [-0.25, -0.2) is 4.79 Å². The van der Waals surface area contributed by atoms with Crippen LogP contribution >= 0.6 is 15.9 Å². The van der Waals surface area contributed by atoms with Gasteiger partial charge in [-0.1, -0.05) is 0 Å². The molecule has 1 amide bonds. The zero-order valence-electron chi connectivity index (χ0n) is 12.9. The van der Waals surface area contributed by atoms with Crippen LogP contribution in [0.1, 0.15) is 44.9 Å². The zero-order valence-corrected chi connectivity index (χ0v) is 14.4. The number of ether oxygens (including phenoxy) is 1. The molecule has 0 saturated heterocycles. The first-order valence-corrected chi connectivity index (χ1v) is 8.35. The van der Waals surface area contributed by atoms with Gasteiger partial charge in [0.05, 0.1) is 6.54 Å². The first-order chi connectivity index (χ1) is 9.83. The minimum absolute atomic E-state index is 0.241. The van der Waals surface area contributed by atoms with E-state index in [2.05, 4.69) is 25.7 Å². The standard InChI is InChI=1S/C15H22BrN3O2/c1-15(2,3)21-14(20)18-7-6-12-11(9-18)13(16)17-19(12)8-10-4-5-10/h10H,4-9H2,1-3H3. The maximum atomic E-state index is 12.2. The number of rotatable bonds is 2. The highest BCUT2D eigenvalue weighted by atomic mass is 79.9. The lowest BCUT2D eigenvalue weighted by Gasteiger charge is -2.30. The largest absolute Gasteiger partial charge is 0.444 e. The number of fused-ring (bicyclic) bond motifs is 1. The van der Waals surface area contributed by atoms with Gasteiger partial charge in [-0.2, -0.15) is 5.10 Å². The van der Waals surface area contributed by atoms with Crippen LogP contribution in [0.2, 0.25) is 0 Å². The van der Waals surface area contributed by atoms with Crippen molar-refractivity contribution in [1.29, 1.82) is 0 Å². The third-order valence-corrected chi connectivity index (χ3v) is 4.50. The van der Waals surface area contributed by atoms with E-state index in [1.165, 1.54) is 18.5 Å². The number of hydrogen-bond acceptors (Lipinski definition) is 3. The molecule has 2 heterocycles. The van der Waals surface area contributed by atoms with Crippen LogP contribution in [0.4, 0.5) is 4.79 Å². The lowest BCUT2D eigenvalue weighted by atomic mass is 10.1.